The molecule has 1 aliphatic heterocycles. The Bertz CT molecular complexity index is 283. The van der Waals surface area contributed by atoms with Crippen LogP contribution in [0.5, 0.6) is 0 Å². The molecule has 0 saturated carbocycles. The Morgan fingerprint density at radius 1 is 1.65 bits per heavy atom. The van der Waals surface area contributed by atoms with Crippen LogP contribution in [-0.4, -0.2) is 67.4 Å². The highest BCUT2D eigenvalue weighted by atomic mass is 16.2. The van der Waals surface area contributed by atoms with E-state index in [0.29, 0.717) is 26.2 Å². The second-order valence-electron chi connectivity index (χ2n) is 4.39. The largest absolute Gasteiger partial charge is 0.353 e. The van der Waals surface area contributed by atoms with E-state index in [2.05, 4.69) is 5.32 Å². The fourth-order valence-corrected chi connectivity index (χ4v) is 1.79. The van der Waals surface area contributed by atoms with Crippen molar-refractivity contribution in [2.75, 3.05) is 39.8 Å². The molecule has 1 rings (SSSR count). The van der Waals surface area contributed by atoms with Gasteiger partial charge in [0, 0.05) is 26.7 Å². The first-order valence-electron chi connectivity index (χ1n) is 6.02. The molecule has 17 heavy (non-hydrogen) atoms. The van der Waals surface area contributed by atoms with E-state index in [1.807, 2.05) is 11.8 Å². The summed E-state index contributed by atoms with van der Waals surface area (Å²) < 4.78 is 0. The van der Waals surface area contributed by atoms with Gasteiger partial charge in [-0.25, -0.2) is 0 Å². The van der Waals surface area contributed by atoms with Gasteiger partial charge in [0.05, 0.1) is 12.6 Å². The van der Waals surface area contributed by atoms with Crippen molar-refractivity contribution in [3.8, 4) is 0 Å². The number of nitrogens with two attached hydrogens (primary N) is 1. The highest BCUT2D eigenvalue weighted by Gasteiger charge is 2.27. The minimum absolute atomic E-state index is 0.00587. The molecule has 3 N–H and O–H groups in total. The maximum Gasteiger partial charge on any atom is 0.237 e. The summed E-state index contributed by atoms with van der Waals surface area (Å²) in [5, 5.41) is 2.78. The summed E-state index contributed by atoms with van der Waals surface area (Å²) in [7, 11) is 1.77. The van der Waals surface area contributed by atoms with Crippen molar-refractivity contribution >= 4 is 11.8 Å². The molecular weight excluding hydrogens is 220 g/mol. The fourth-order valence-electron chi connectivity index (χ4n) is 1.79. The summed E-state index contributed by atoms with van der Waals surface area (Å²) in [5.74, 6) is 0.0358. The van der Waals surface area contributed by atoms with Gasteiger partial charge < -0.3 is 16.0 Å². The molecule has 0 aromatic carbocycles. The molecule has 0 bridgehead atoms. The van der Waals surface area contributed by atoms with E-state index in [1.54, 1.807) is 11.9 Å². The van der Waals surface area contributed by atoms with Crippen LogP contribution < -0.4 is 11.1 Å². The molecule has 6 nitrogen and oxygen atoms in total. The van der Waals surface area contributed by atoms with Crippen molar-refractivity contribution in [2.24, 2.45) is 5.73 Å². The van der Waals surface area contributed by atoms with Gasteiger partial charge in [0.25, 0.3) is 0 Å². The molecule has 1 unspecified atom stereocenters. The highest BCUT2D eigenvalue weighted by Crippen LogP contribution is 2.04. The van der Waals surface area contributed by atoms with Crippen molar-refractivity contribution in [1.29, 1.82) is 0 Å². The Hall–Kier alpha value is -1.14. The Morgan fingerprint density at radius 3 is 3.00 bits per heavy atom. The number of rotatable bonds is 5. The van der Waals surface area contributed by atoms with Crippen LogP contribution in [0, 0.1) is 0 Å². The molecule has 0 aromatic heterocycles. The predicted molar refractivity (Wildman–Crippen MR) is 65.4 cm³/mol. The summed E-state index contributed by atoms with van der Waals surface area (Å²) in [6, 6.07) is -0.226. The van der Waals surface area contributed by atoms with Gasteiger partial charge in [0.15, 0.2) is 0 Å². The number of amides is 2. The first kappa shape index (κ1) is 13.9. The molecule has 1 aliphatic rings. The predicted octanol–water partition coefficient (Wildman–Crippen LogP) is -1.39. The molecular formula is C11H22N4O2. The zero-order chi connectivity index (χ0) is 12.8. The second kappa shape index (κ2) is 6.56. The average molecular weight is 242 g/mol. The van der Waals surface area contributed by atoms with Crippen molar-refractivity contribution < 1.29 is 9.59 Å². The maximum absolute atomic E-state index is 11.9. The average Bonchev–Trinajstić information content (AvgIpc) is 2.31. The SMILES string of the molecule is CC1C(=O)NCCN1CC(=O)N(C)CCCN. The van der Waals surface area contributed by atoms with E-state index >= 15 is 0 Å². The van der Waals surface area contributed by atoms with Crippen LogP contribution in [0.2, 0.25) is 0 Å². The molecule has 6 heteroatoms. The Labute approximate surface area is 102 Å². The van der Waals surface area contributed by atoms with Crippen LogP contribution in [0.1, 0.15) is 13.3 Å². The lowest BCUT2D eigenvalue weighted by molar-refractivity contribution is -0.135. The number of likely N-dealkylation sites (N-methyl/N-ethyl adjacent to an activating group) is 1. The second-order valence-corrected chi connectivity index (χ2v) is 4.39. The summed E-state index contributed by atoms with van der Waals surface area (Å²) >= 11 is 0. The first-order valence-corrected chi connectivity index (χ1v) is 6.02. The summed E-state index contributed by atoms with van der Waals surface area (Å²) in [6.07, 6.45) is 0.804. The van der Waals surface area contributed by atoms with Gasteiger partial charge in [0.1, 0.15) is 0 Å². The Morgan fingerprint density at radius 2 is 2.35 bits per heavy atom. The topological polar surface area (TPSA) is 78.7 Å². The summed E-state index contributed by atoms with van der Waals surface area (Å²) in [5.41, 5.74) is 5.40. The quantitative estimate of drug-likeness (QED) is 0.622. The van der Waals surface area contributed by atoms with Gasteiger partial charge in [-0.1, -0.05) is 0 Å². The van der Waals surface area contributed by atoms with E-state index in [1.165, 1.54) is 0 Å². The van der Waals surface area contributed by atoms with Crippen LogP contribution in [-0.2, 0) is 9.59 Å². The molecule has 0 aromatic rings. The van der Waals surface area contributed by atoms with Crippen LogP contribution in [0.4, 0.5) is 0 Å². The van der Waals surface area contributed by atoms with E-state index in [0.717, 1.165) is 13.0 Å². The summed E-state index contributed by atoms with van der Waals surface area (Å²) in [6.45, 7) is 4.72. The fraction of sp³-hybridized carbons (Fsp3) is 0.818. The standard InChI is InChI=1S/C11H22N4O2/c1-9-11(17)13-5-7-15(9)8-10(16)14(2)6-3-4-12/h9H,3-8,12H2,1-2H3,(H,13,17). The molecule has 1 fully saturated rings. The zero-order valence-electron chi connectivity index (χ0n) is 10.6. The van der Waals surface area contributed by atoms with Gasteiger partial charge >= 0.3 is 0 Å². The number of nitrogens with zero attached hydrogens (tertiary/aromatic N) is 2. The third-order valence-electron chi connectivity index (χ3n) is 3.09. The van der Waals surface area contributed by atoms with Gasteiger partial charge in [0.2, 0.25) is 11.8 Å². The number of carbonyl (C=O) groups excluding carboxylic acids is 2. The van der Waals surface area contributed by atoms with E-state index in [9.17, 15) is 9.59 Å². The van der Waals surface area contributed by atoms with Gasteiger partial charge in [-0.2, -0.15) is 0 Å². The minimum atomic E-state index is -0.226. The maximum atomic E-state index is 11.9. The summed E-state index contributed by atoms with van der Waals surface area (Å²) in [4.78, 5) is 26.9. The molecule has 0 spiro atoms. The van der Waals surface area contributed by atoms with Crippen LogP contribution in [0.25, 0.3) is 0 Å². The van der Waals surface area contributed by atoms with Gasteiger partial charge in [-0.15, -0.1) is 0 Å². The van der Waals surface area contributed by atoms with Gasteiger partial charge in [-0.3, -0.25) is 14.5 Å². The zero-order valence-corrected chi connectivity index (χ0v) is 10.6. The molecule has 1 saturated heterocycles. The Kier molecular flexibility index (Phi) is 5.37. The number of nitrogens with one attached hydrogen (secondary N) is 1. The van der Waals surface area contributed by atoms with Crippen molar-refractivity contribution in [1.82, 2.24) is 15.1 Å². The minimum Gasteiger partial charge on any atom is -0.353 e. The molecule has 1 heterocycles. The lowest BCUT2D eigenvalue weighted by atomic mass is 10.2. The molecule has 1 atom stereocenters. The lowest BCUT2D eigenvalue weighted by Crippen LogP contribution is -2.56. The van der Waals surface area contributed by atoms with Crippen LogP contribution >= 0.6 is 0 Å². The van der Waals surface area contributed by atoms with Crippen LogP contribution in [0.3, 0.4) is 0 Å². The third kappa shape index (κ3) is 3.98. The number of carbonyl (C=O) groups is 2. The van der Waals surface area contributed by atoms with E-state index in [-0.39, 0.29) is 17.9 Å². The van der Waals surface area contributed by atoms with Crippen molar-refractivity contribution in [2.45, 2.75) is 19.4 Å². The molecule has 0 radical (unpaired) electrons. The van der Waals surface area contributed by atoms with Crippen molar-refractivity contribution in [3.05, 3.63) is 0 Å². The number of hydrogen-bond acceptors (Lipinski definition) is 4. The monoisotopic (exact) mass is 242 g/mol. The normalized spacial score (nSPS) is 21.1. The highest BCUT2D eigenvalue weighted by molar-refractivity contribution is 5.84. The first-order chi connectivity index (χ1) is 8.06. The third-order valence-corrected chi connectivity index (χ3v) is 3.09. The Balaban J connectivity index is 2.41. The molecule has 0 aliphatic carbocycles. The smallest absolute Gasteiger partial charge is 0.237 e. The van der Waals surface area contributed by atoms with E-state index < -0.39 is 0 Å². The lowest BCUT2D eigenvalue weighted by Gasteiger charge is -2.33. The number of hydrogen-bond donors (Lipinski definition) is 2. The van der Waals surface area contributed by atoms with E-state index in [4.69, 9.17) is 5.73 Å². The number of piperazine rings is 1. The van der Waals surface area contributed by atoms with Gasteiger partial charge in [-0.05, 0) is 19.9 Å². The van der Waals surface area contributed by atoms with Crippen molar-refractivity contribution in [3.63, 3.8) is 0 Å². The molecule has 2 amide bonds. The molecule has 98 valence electrons. The van der Waals surface area contributed by atoms with Crippen LogP contribution in [0.15, 0.2) is 0 Å².